The zero-order chi connectivity index (χ0) is 10.1. The van der Waals surface area contributed by atoms with Crippen LogP contribution in [0.3, 0.4) is 0 Å². The number of nitrogens with zero attached hydrogens (tertiary/aromatic N) is 2. The molecule has 1 amide bonds. The van der Waals surface area contributed by atoms with E-state index in [4.69, 9.17) is 0 Å². The van der Waals surface area contributed by atoms with Crippen molar-refractivity contribution in [2.45, 2.75) is 0 Å². The minimum absolute atomic E-state index is 0.349. The Kier molecular flexibility index (Phi) is 1.89. The lowest BCUT2D eigenvalue weighted by Crippen LogP contribution is -2.29. The predicted molar refractivity (Wildman–Crippen MR) is 51.1 cm³/mol. The van der Waals surface area contributed by atoms with Crippen molar-refractivity contribution in [3.05, 3.63) is 36.7 Å². The third-order valence-electron chi connectivity index (χ3n) is 2.08. The molecule has 1 aliphatic heterocycles. The van der Waals surface area contributed by atoms with E-state index in [-0.39, 0.29) is 0 Å². The van der Waals surface area contributed by atoms with E-state index in [9.17, 15) is 9.59 Å². The van der Waals surface area contributed by atoms with E-state index in [0.29, 0.717) is 17.8 Å². The normalized spacial score (nSPS) is 14.4. The maximum absolute atomic E-state index is 11.5. The van der Waals surface area contributed by atoms with Gasteiger partial charge >= 0.3 is 0 Å². The first-order valence-corrected chi connectivity index (χ1v) is 4.17. The Balaban J connectivity index is 2.52. The Labute approximate surface area is 80.9 Å². The molecule has 0 aliphatic carbocycles. The first kappa shape index (κ1) is 8.62. The molecule has 1 aromatic rings. The molecule has 0 aromatic carbocycles. The third kappa shape index (κ3) is 1.04. The lowest BCUT2D eigenvalue weighted by Gasteiger charge is -2.12. The number of amides is 1. The van der Waals surface area contributed by atoms with Crippen LogP contribution in [0.1, 0.15) is 10.4 Å². The molecule has 1 aliphatic rings. The molecule has 0 radical (unpaired) electrons. The molecule has 14 heavy (non-hydrogen) atoms. The van der Waals surface area contributed by atoms with E-state index in [1.165, 1.54) is 11.1 Å². The van der Waals surface area contributed by atoms with Crippen molar-refractivity contribution in [2.24, 2.45) is 0 Å². The molecule has 1 aromatic heterocycles. The number of carbonyl (C=O) groups excluding carboxylic acids is 2. The number of Topliss-reactive ketones (excluding diaryl/α,β-unsaturated/α-hetero) is 1. The molecule has 0 fully saturated rings. The number of rotatable bonds is 2. The highest BCUT2D eigenvalue weighted by molar-refractivity contribution is 6.52. The van der Waals surface area contributed by atoms with Gasteiger partial charge in [0.05, 0.1) is 11.3 Å². The smallest absolute Gasteiger partial charge is 0.299 e. The van der Waals surface area contributed by atoms with Crippen LogP contribution in [0.25, 0.3) is 0 Å². The number of hydrogen-bond acceptors (Lipinski definition) is 3. The molecule has 0 bridgehead atoms. The molecule has 70 valence electrons. The summed E-state index contributed by atoms with van der Waals surface area (Å²) in [6, 6.07) is 1.65. The molecular formula is C10H8N2O2. The molecular weight excluding hydrogens is 180 g/mol. The quantitative estimate of drug-likeness (QED) is 0.509. The predicted octanol–water partition coefficient (Wildman–Crippen LogP) is 0.797. The minimum Gasteiger partial charge on any atom is -0.301 e. The van der Waals surface area contributed by atoms with Crippen LogP contribution in [0.2, 0.25) is 0 Å². The van der Waals surface area contributed by atoms with Gasteiger partial charge in [0.1, 0.15) is 0 Å². The lowest BCUT2D eigenvalue weighted by atomic mass is 10.2. The number of carbonyl (C=O) groups is 2. The van der Waals surface area contributed by atoms with Gasteiger partial charge in [0.15, 0.2) is 0 Å². The van der Waals surface area contributed by atoms with Crippen molar-refractivity contribution in [3.8, 4) is 0 Å². The highest BCUT2D eigenvalue weighted by Crippen LogP contribution is 2.27. The highest BCUT2D eigenvalue weighted by atomic mass is 16.2. The molecule has 0 saturated carbocycles. The van der Waals surface area contributed by atoms with E-state index >= 15 is 0 Å². The molecule has 0 saturated heterocycles. The summed E-state index contributed by atoms with van der Waals surface area (Å²) in [6.45, 7) is 3.88. The summed E-state index contributed by atoms with van der Waals surface area (Å²) >= 11 is 0. The topological polar surface area (TPSA) is 50.3 Å². The standard InChI is InChI=1S/C10H8N2O2/c1-2-5-12-8-3-4-11-6-7(8)9(13)10(12)14/h2-4,6H,1,5H2. The van der Waals surface area contributed by atoms with Gasteiger partial charge in [-0.1, -0.05) is 6.08 Å². The molecule has 0 unspecified atom stereocenters. The second-order valence-electron chi connectivity index (χ2n) is 2.93. The van der Waals surface area contributed by atoms with E-state index in [1.807, 2.05) is 0 Å². The van der Waals surface area contributed by atoms with Gasteiger partial charge in [0, 0.05) is 18.9 Å². The van der Waals surface area contributed by atoms with E-state index in [2.05, 4.69) is 11.6 Å². The summed E-state index contributed by atoms with van der Waals surface area (Å²) in [4.78, 5) is 28.1. The van der Waals surface area contributed by atoms with Crippen molar-refractivity contribution in [2.75, 3.05) is 11.4 Å². The fourth-order valence-electron chi connectivity index (χ4n) is 1.45. The highest BCUT2D eigenvalue weighted by Gasteiger charge is 2.34. The second kappa shape index (κ2) is 3.06. The summed E-state index contributed by atoms with van der Waals surface area (Å²) in [6.07, 6.45) is 4.56. The van der Waals surface area contributed by atoms with Crippen LogP contribution in [0.5, 0.6) is 0 Å². The number of pyridine rings is 1. The van der Waals surface area contributed by atoms with Crippen LogP contribution in [0.4, 0.5) is 5.69 Å². The molecule has 2 rings (SSSR count). The summed E-state index contributed by atoms with van der Waals surface area (Å²) in [5.41, 5.74) is 0.995. The lowest BCUT2D eigenvalue weighted by molar-refractivity contribution is -0.114. The number of anilines is 1. The second-order valence-corrected chi connectivity index (χ2v) is 2.93. The van der Waals surface area contributed by atoms with Crippen LogP contribution in [-0.2, 0) is 4.79 Å². The summed E-state index contributed by atoms with van der Waals surface area (Å²) < 4.78 is 0. The zero-order valence-electron chi connectivity index (χ0n) is 7.43. The Morgan fingerprint density at radius 3 is 3.00 bits per heavy atom. The van der Waals surface area contributed by atoms with Crippen LogP contribution in [0.15, 0.2) is 31.1 Å². The Morgan fingerprint density at radius 1 is 1.50 bits per heavy atom. The number of ketones is 1. The largest absolute Gasteiger partial charge is 0.301 e. The van der Waals surface area contributed by atoms with Crippen molar-refractivity contribution in [3.63, 3.8) is 0 Å². The fourth-order valence-corrected chi connectivity index (χ4v) is 1.45. The van der Waals surface area contributed by atoms with Crippen molar-refractivity contribution < 1.29 is 9.59 Å². The van der Waals surface area contributed by atoms with Gasteiger partial charge in [-0.25, -0.2) is 0 Å². The molecule has 4 heteroatoms. The Morgan fingerprint density at radius 2 is 2.29 bits per heavy atom. The van der Waals surface area contributed by atoms with Crippen molar-refractivity contribution in [1.29, 1.82) is 0 Å². The zero-order valence-corrected chi connectivity index (χ0v) is 7.43. The summed E-state index contributed by atoms with van der Waals surface area (Å²) in [7, 11) is 0. The van der Waals surface area contributed by atoms with Gasteiger partial charge < -0.3 is 4.90 Å². The van der Waals surface area contributed by atoms with Crippen LogP contribution >= 0.6 is 0 Å². The Hall–Kier alpha value is -1.97. The maximum Gasteiger partial charge on any atom is 0.299 e. The monoisotopic (exact) mass is 188 g/mol. The van der Waals surface area contributed by atoms with Crippen molar-refractivity contribution in [1.82, 2.24) is 4.98 Å². The first-order valence-electron chi connectivity index (χ1n) is 4.17. The van der Waals surface area contributed by atoms with Gasteiger partial charge in [-0.05, 0) is 6.07 Å². The van der Waals surface area contributed by atoms with Gasteiger partial charge in [-0.15, -0.1) is 6.58 Å². The van der Waals surface area contributed by atoms with Gasteiger partial charge in [0.25, 0.3) is 11.7 Å². The fraction of sp³-hybridized carbons (Fsp3) is 0.100. The maximum atomic E-state index is 11.5. The van der Waals surface area contributed by atoms with Crippen molar-refractivity contribution >= 4 is 17.4 Å². The van der Waals surface area contributed by atoms with Crippen LogP contribution in [-0.4, -0.2) is 23.2 Å². The number of hydrogen-bond donors (Lipinski definition) is 0. The molecule has 0 N–H and O–H groups in total. The van der Waals surface area contributed by atoms with Gasteiger partial charge in [0.2, 0.25) is 0 Å². The van der Waals surface area contributed by atoms with Crippen LogP contribution < -0.4 is 4.90 Å². The molecule has 0 atom stereocenters. The first-order chi connectivity index (χ1) is 6.75. The average Bonchev–Trinajstić information content (AvgIpc) is 2.45. The number of fused-ring (bicyclic) bond motifs is 1. The van der Waals surface area contributed by atoms with E-state index < -0.39 is 11.7 Å². The Bertz CT molecular complexity index is 426. The van der Waals surface area contributed by atoms with Gasteiger partial charge in [-0.2, -0.15) is 0 Å². The summed E-state index contributed by atoms with van der Waals surface area (Å²) in [5, 5.41) is 0. The minimum atomic E-state index is -0.507. The molecule has 4 nitrogen and oxygen atoms in total. The molecule has 2 heterocycles. The molecule has 0 spiro atoms. The van der Waals surface area contributed by atoms with Crippen LogP contribution in [0, 0.1) is 0 Å². The third-order valence-corrected chi connectivity index (χ3v) is 2.08. The average molecular weight is 188 g/mol. The van der Waals surface area contributed by atoms with Gasteiger partial charge in [-0.3, -0.25) is 14.6 Å². The van der Waals surface area contributed by atoms with E-state index in [0.717, 1.165) is 0 Å². The SMILES string of the molecule is C=CCN1C(=O)C(=O)c2cnccc21. The summed E-state index contributed by atoms with van der Waals surface area (Å²) in [5.74, 6) is -0.997. The number of aromatic nitrogens is 1. The van der Waals surface area contributed by atoms with E-state index in [1.54, 1.807) is 18.3 Å².